The summed E-state index contributed by atoms with van der Waals surface area (Å²) in [6.07, 6.45) is 10.2. The molecule has 0 radical (unpaired) electrons. The molecule has 2 aromatic heterocycles. The third-order valence-corrected chi connectivity index (χ3v) is 13.4. The molecular weight excluding hydrogens is 677 g/mol. The van der Waals surface area contributed by atoms with Crippen molar-refractivity contribution in [2.24, 2.45) is 16.3 Å². The summed E-state index contributed by atoms with van der Waals surface area (Å²) < 4.78 is 39.2. The number of nitrogens with zero attached hydrogens (tertiary/aromatic N) is 6. The fraction of sp³-hybridized carbons (Fsp3) is 0.410. The average molecular weight is 721 g/mol. The lowest BCUT2D eigenvalue weighted by Gasteiger charge is -2.30. The molecule has 0 amide bonds. The highest BCUT2D eigenvalue weighted by molar-refractivity contribution is 7.89. The first-order valence-electron chi connectivity index (χ1n) is 18.0. The van der Waals surface area contributed by atoms with Crippen molar-refractivity contribution in [1.29, 1.82) is 0 Å². The smallest absolute Gasteiger partial charge is 0.243 e. The van der Waals surface area contributed by atoms with Gasteiger partial charge in [0.05, 0.1) is 40.8 Å². The van der Waals surface area contributed by atoms with Crippen LogP contribution in [0.1, 0.15) is 91.8 Å². The first-order valence-corrected chi connectivity index (χ1v) is 20.3. The van der Waals surface area contributed by atoms with Gasteiger partial charge in [0.2, 0.25) is 10.0 Å². The molecule has 2 aliphatic carbocycles. The fourth-order valence-corrected chi connectivity index (χ4v) is 10.7. The van der Waals surface area contributed by atoms with Crippen molar-refractivity contribution in [2.45, 2.75) is 74.8 Å². The van der Waals surface area contributed by atoms with Crippen molar-refractivity contribution in [3.63, 3.8) is 0 Å². The molecule has 1 spiro atoms. The molecule has 3 aliphatic rings. The van der Waals surface area contributed by atoms with Crippen LogP contribution in [0, 0.1) is 11.3 Å². The van der Waals surface area contributed by atoms with Gasteiger partial charge in [-0.1, -0.05) is 67.6 Å². The van der Waals surface area contributed by atoms with E-state index in [2.05, 4.69) is 37.3 Å². The van der Waals surface area contributed by atoms with Crippen LogP contribution in [0.3, 0.4) is 0 Å². The Morgan fingerprint density at radius 1 is 0.961 bits per heavy atom. The van der Waals surface area contributed by atoms with E-state index in [1.807, 2.05) is 54.6 Å². The molecule has 264 valence electrons. The van der Waals surface area contributed by atoms with E-state index in [4.69, 9.17) is 15.7 Å². The standard InChI is InChI=1S/C39H44N8O2S2/c1-3-22-47(2)23-8-9-25-18-20-39(21-19-25)32-36-31(38(40)42-24-41-36)34(43-37(32)39)28-16-14-27(15-17-28)33(26-10-5-4-6-11-26)46-51(48,49)30-13-7-12-29-35(30)45-50-44-29/h4-7,10-17,24-25,32-33,37,46H,3,8-9,18-23H2,1-2H3,(H2,40,41,42). The van der Waals surface area contributed by atoms with Gasteiger partial charge >= 0.3 is 0 Å². The Morgan fingerprint density at radius 3 is 2.49 bits per heavy atom. The van der Waals surface area contributed by atoms with Crippen LogP contribution in [0.5, 0.6) is 0 Å². The maximum atomic E-state index is 13.9. The molecule has 1 aliphatic heterocycles. The molecule has 51 heavy (non-hydrogen) atoms. The molecule has 3 N–H and O–H groups in total. The SMILES string of the molecule is CCCN(C)CCCC1CCC2(CC1)C1N=C(c3ccc(C(NS(=O)(=O)c4cccc5nsnc45)c4ccccc4)cc3)c3c(N)ncnc3C12. The molecule has 2 saturated carbocycles. The fourth-order valence-electron chi connectivity index (χ4n) is 8.69. The largest absolute Gasteiger partial charge is 0.383 e. The molecule has 8 rings (SSSR count). The van der Waals surface area contributed by atoms with Gasteiger partial charge < -0.3 is 10.6 Å². The van der Waals surface area contributed by atoms with E-state index in [0.29, 0.717) is 16.9 Å². The number of aliphatic imine (C=N–C) groups is 1. The average Bonchev–Trinajstić information content (AvgIpc) is 3.48. The summed E-state index contributed by atoms with van der Waals surface area (Å²) in [4.78, 5) is 17.2. The third kappa shape index (κ3) is 6.36. The van der Waals surface area contributed by atoms with Crippen LogP contribution in [0.25, 0.3) is 11.0 Å². The Bertz CT molecular complexity index is 2160. The first-order chi connectivity index (χ1) is 24.8. The minimum absolute atomic E-state index is 0.108. The normalized spacial score (nSPS) is 23.2. The predicted molar refractivity (Wildman–Crippen MR) is 202 cm³/mol. The van der Waals surface area contributed by atoms with E-state index in [1.165, 1.54) is 58.0 Å². The van der Waals surface area contributed by atoms with Gasteiger partial charge in [0.15, 0.2) is 0 Å². The van der Waals surface area contributed by atoms with E-state index < -0.39 is 16.1 Å². The van der Waals surface area contributed by atoms with E-state index in [1.54, 1.807) is 24.5 Å². The number of fused-ring (bicyclic) bond motifs is 6. The summed E-state index contributed by atoms with van der Waals surface area (Å²) >= 11 is 0.998. The summed E-state index contributed by atoms with van der Waals surface area (Å²) in [5, 5.41) is 0. The van der Waals surface area contributed by atoms with Gasteiger partial charge in [-0.25, -0.2) is 18.4 Å². The number of nitrogens with two attached hydrogens (primary N) is 1. The number of anilines is 1. The monoisotopic (exact) mass is 720 g/mol. The third-order valence-electron chi connectivity index (χ3n) is 11.4. The Kier molecular flexibility index (Phi) is 9.20. The van der Waals surface area contributed by atoms with Crippen LogP contribution in [0.4, 0.5) is 5.82 Å². The lowest BCUT2D eigenvalue weighted by atomic mass is 9.76. The van der Waals surface area contributed by atoms with Crippen LogP contribution >= 0.6 is 11.7 Å². The molecule has 12 heteroatoms. The van der Waals surface area contributed by atoms with Gasteiger partial charge in [-0.05, 0) is 94.3 Å². The molecule has 3 atom stereocenters. The number of sulfonamides is 1. The van der Waals surface area contributed by atoms with Crippen molar-refractivity contribution in [3.8, 4) is 0 Å². The number of aromatic nitrogens is 4. The summed E-state index contributed by atoms with van der Waals surface area (Å²) in [5.74, 6) is 1.51. The predicted octanol–water partition coefficient (Wildman–Crippen LogP) is 6.75. The maximum absolute atomic E-state index is 13.9. The molecule has 3 aromatic carbocycles. The molecule has 3 heterocycles. The summed E-state index contributed by atoms with van der Waals surface area (Å²) in [6, 6.07) is 22.2. The topological polar surface area (TPSA) is 139 Å². The Balaban J connectivity index is 1.06. The van der Waals surface area contributed by atoms with Gasteiger partial charge in [-0.15, -0.1) is 0 Å². The maximum Gasteiger partial charge on any atom is 0.243 e. The molecule has 3 unspecified atom stereocenters. The van der Waals surface area contributed by atoms with Crippen molar-refractivity contribution in [3.05, 3.63) is 107 Å². The Morgan fingerprint density at radius 2 is 1.73 bits per heavy atom. The quantitative estimate of drug-likeness (QED) is 0.144. The van der Waals surface area contributed by atoms with E-state index in [-0.39, 0.29) is 22.3 Å². The van der Waals surface area contributed by atoms with Crippen LogP contribution in [0.2, 0.25) is 0 Å². The lowest BCUT2D eigenvalue weighted by Crippen LogP contribution is -2.29. The van der Waals surface area contributed by atoms with E-state index in [0.717, 1.165) is 51.3 Å². The summed E-state index contributed by atoms with van der Waals surface area (Å²) in [6.45, 7) is 4.58. The Hall–Kier alpha value is -4.10. The number of nitrogen functional groups attached to an aromatic ring is 1. The molecule has 0 bridgehead atoms. The lowest BCUT2D eigenvalue weighted by molar-refractivity contribution is 0.223. The van der Waals surface area contributed by atoms with Gasteiger partial charge in [0.25, 0.3) is 0 Å². The van der Waals surface area contributed by atoms with Crippen LogP contribution in [0.15, 0.2) is 89.0 Å². The van der Waals surface area contributed by atoms with Crippen LogP contribution < -0.4 is 10.5 Å². The highest BCUT2D eigenvalue weighted by Gasteiger charge is 2.68. The van der Waals surface area contributed by atoms with E-state index >= 15 is 0 Å². The van der Waals surface area contributed by atoms with Crippen LogP contribution in [-0.2, 0) is 10.0 Å². The molecule has 5 aromatic rings. The number of benzene rings is 3. The minimum Gasteiger partial charge on any atom is -0.383 e. The van der Waals surface area contributed by atoms with Gasteiger partial charge in [-0.3, -0.25) is 4.99 Å². The minimum atomic E-state index is -3.97. The van der Waals surface area contributed by atoms with Crippen molar-refractivity contribution in [2.75, 3.05) is 25.9 Å². The van der Waals surface area contributed by atoms with Gasteiger partial charge in [0, 0.05) is 16.9 Å². The Labute approximate surface area is 304 Å². The zero-order valence-electron chi connectivity index (χ0n) is 29.1. The first kappa shape index (κ1) is 34.0. The molecule has 0 saturated heterocycles. The highest BCUT2D eigenvalue weighted by atomic mass is 32.2. The van der Waals surface area contributed by atoms with Crippen molar-refractivity contribution in [1.82, 2.24) is 28.3 Å². The van der Waals surface area contributed by atoms with Gasteiger partial charge in [-0.2, -0.15) is 13.5 Å². The number of hydrogen-bond acceptors (Lipinski definition) is 10. The molecular formula is C39H44N8O2S2. The zero-order chi connectivity index (χ0) is 35.2. The summed E-state index contributed by atoms with van der Waals surface area (Å²) in [7, 11) is -1.74. The second kappa shape index (κ2) is 13.8. The number of hydrogen-bond donors (Lipinski definition) is 2. The molecule has 2 fully saturated rings. The second-order valence-electron chi connectivity index (χ2n) is 14.5. The second-order valence-corrected chi connectivity index (χ2v) is 16.7. The number of rotatable bonds is 12. The van der Waals surface area contributed by atoms with E-state index in [9.17, 15) is 8.42 Å². The van der Waals surface area contributed by atoms with Crippen LogP contribution in [-0.4, -0.2) is 63.9 Å². The van der Waals surface area contributed by atoms with Crippen molar-refractivity contribution < 1.29 is 8.42 Å². The highest BCUT2D eigenvalue weighted by Crippen LogP contribution is 2.70. The number of nitrogens with one attached hydrogen (secondary N) is 1. The zero-order valence-corrected chi connectivity index (χ0v) is 30.7. The van der Waals surface area contributed by atoms with Crippen molar-refractivity contribution >= 4 is 44.3 Å². The summed E-state index contributed by atoms with van der Waals surface area (Å²) in [5.41, 5.74) is 12.9. The van der Waals surface area contributed by atoms with Gasteiger partial charge in [0.1, 0.15) is 28.1 Å². The molecule has 10 nitrogen and oxygen atoms in total.